The van der Waals surface area contributed by atoms with E-state index in [1.807, 2.05) is 0 Å². The van der Waals surface area contributed by atoms with Crippen LogP contribution in [-0.2, 0) is 0 Å². The second-order valence-electron chi connectivity index (χ2n) is 4.58. The summed E-state index contributed by atoms with van der Waals surface area (Å²) in [5.41, 5.74) is 5.21. The third-order valence-electron chi connectivity index (χ3n) is 3.04. The molecule has 19 heavy (non-hydrogen) atoms. The van der Waals surface area contributed by atoms with Crippen LogP contribution in [0.5, 0.6) is 5.75 Å². The maximum Gasteiger partial charge on any atom is 0.258 e. The Bertz CT molecular complexity index is 398. The number of nitrogens with one attached hydrogen (secondary N) is 1. The summed E-state index contributed by atoms with van der Waals surface area (Å²) < 4.78 is 13.5. The van der Waals surface area contributed by atoms with Crippen LogP contribution in [-0.4, -0.2) is 24.1 Å². The molecule has 1 amide bonds. The fourth-order valence-corrected chi connectivity index (χ4v) is 2.06. The van der Waals surface area contributed by atoms with Crippen molar-refractivity contribution in [3.8, 4) is 5.75 Å². The lowest BCUT2D eigenvalue weighted by Crippen LogP contribution is -2.31. The van der Waals surface area contributed by atoms with Crippen molar-refractivity contribution in [1.29, 1.82) is 0 Å². The molecule has 0 fully saturated rings. The van der Waals surface area contributed by atoms with Crippen molar-refractivity contribution in [2.24, 2.45) is 11.7 Å². The standard InChI is InChI=1S/C14H21FN2O2/c1-2-4-10(7-8-16)9-17-14(19)13-11(15)5-3-6-12(13)18/h3,5-6,10,18H,2,4,7-9,16H2,1H3,(H,17,19). The number of halogens is 1. The Balaban J connectivity index is 2.64. The highest BCUT2D eigenvalue weighted by molar-refractivity contribution is 5.97. The van der Waals surface area contributed by atoms with Crippen LogP contribution in [0.2, 0.25) is 0 Å². The van der Waals surface area contributed by atoms with Gasteiger partial charge in [-0.15, -0.1) is 0 Å². The minimum atomic E-state index is -0.719. The molecular weight excluding hydrogens is 247 g/mol. The lowest BCUT2D eigenvalue weighted by molar-refractivity contribution is 0.0938. The van der Waals surface area contributed by atoms with Gasteiger partial charge in [0.15, 0.2) is 0 Å². The summed E-state index contributed by atoms with van der Waals surface area (Å²) >= 11 is 0. The number of phenolic OH excluding ortho intramolecular Hbond substituents is 1. The summed E-state index contributed by atoms with van der Waals surface area (Å²) in [6, 6.07) is 3.80. The maximum absolute atomic E-state index is 13.5. The van der Waals surface area contributed by atoms with Gasteiger partial charge in [-0.1, -0.05) is 19.4 Å². The second kappa shape index (κ2) is 7.74. The Morgan fingerprint density at radius 3 is 2.79 bits per heavy atom. The van der Waals surface area contributed by atoms with E-state index in [9.17, 15) is 14.3 Å². The van der Waals surface area contributed by atoms with Gasteiger partial charge in [-0.25, -0.2) is 4.39 Å². The average Bonchev–Trinajstić information content (AvgIpc) is 2.36. The largest absolute Gasteiger partial charge is 0.507 e. The monoisotopic (exact) mass is 268 g/mol. The van der Waals surface area contributed by atoms with Crippen LogP contribution in [0.1, 0.15) is 36.5 Å². The van der Waals surface area contributed by atoms with Crippen LogP contribution >= 0.6 is 0 Å². The molecule has 0 aliphatic rings. The number of rotatable bonds is 7. The van der Waals surface area contributed by atoms with Crippen molar-refractivity contribution in [3.63, 3.8) is 0 Å². The van der Waals surface area contributed by atoms with E-state index in [0.29, 0.717) is 13.1 Å². The van der Waals surface area contributed by atoms with E-state index in [4.69, 9.17) is 5.73 Å². The lowest BCUT2D eigenvalue weighted by Gasteiger charge is -2.16. The van der Waals surface area contributed by atoms with Crippen molar-refractivity contribution in [2.75, 3.05) is 13.1 Å². The molecule has 0 radical (unpaired) electrons. The van der Waals surface area contributed by atoms with E-state index >= 15 is 0 Å². The fourth-order valence-electron chi connectivity index (χ4n) is 2.06. The van der Waals surface area contributed by atoms with Crippen molar-refractivity contribution in [1.82, 2.24) is 5.32 Å². The summed E-state index contributed by atoms with van der Waals surface area (Å²) in [7, 11) is 0. The van der Waals surface area contributed by atoms with Crippen LogP contribution in [0.15, 0.2) is 18.2 Å². The molecule has 0 saturated carbocycles. The third kappa shape index (κ3) is 4.52. The molecule has 4 N–H and O–H groups in total. The van der Waals surface area contributed by atoms with Crippen molar-refractivity contribution in [2.45, 2.75) is 26.2 Å². The number of phenols is 1. The highest BCUT2D eigenvalue weighted by Crippen LogP contribution is 2.19. The lowest BCUT2D eigenvalue weighted by atomic mass is 9.99. The van der Waals surface area contributed by atoms with Gasteiger partial charge in [0.2, 0.25) is 0 Å². The Morgan fingerprint density at radius 2 is 2.21 bits per heavy atom. The van der Waals surface area contributed by atoms with Crippen LogP contribution in [0.4, 0.5) is 4.39 Å². The SMILES string of the molecule is CCCC(CCN)CNC(=O)c1c(O)cccc1F. The molecule has 0 heterocycles. The van der Waals surface area contributed by atoms with Gasteiger partial charge in [-0.3, -0.25) is 4.79 Å². The van der Waals surface area contributed by atoms with Crippen molar-refractivity contribution >= 4 is 5.91 Å². The molecule has 0 saturated heterocycles. The number of benzene rings is 1. The molecule has 106 valence electrons. The zero-order valence-corrected chi connectivity index (χ0v) is 11.2. The van der Waals surface area contributed by atoms with Gasteiger partial charge >= 0.3 is 0 Å². The predicted octanol–water partition coefficient (Wildman–Crippen LogP) is 2.03. The van der Waals surface area contributed by atoms with Gasteiger partial charge in [-0.05, 0) is 37.4 Å². The first-order valence-corrected chi connectivity index (χ1v) is 6.55. The molecule has 1 rings (SSSR count). The average molecular weight is 268 g/mol. The zero-order valence-electron chi connectivity index (χ0n) is 11.2. The molecule has 1 atom stereocenters. The maximum atomic E-state index is 13.5. The minimum Gasteiger partial charge on any atom is -0.507 e. The Hall–Kier alpha value is -1.62. The minimum absolute atomic E-state index is 0.285. The van der Waals surface area contributed by atoms with Crippen molar-refractivity contribution < 1.29 is 14.3 Å². The smallest absolute Gasteiger partial charge is 0.258 e. The van der Waals surface area contributed by atoms with Crippen LogP contribution < -0.4 is 11.1 Å². The zero-order chi connectivity index (χ0) is 14.3. The molecule has 1 aromatic rings. The molecule has 0 bridgehead atoms. The molecule has 0 aliphatic heterocycles. The number of aromatic hydroxyl groups is 1. The Labute approximate surface area is 112 Å². The molecule has 1 aromatic carbocycles. The first-order valence-electron chi connectivity index (χ1n) is 6.55. The van der Waals surface area contributed by atoms with E-state index in [0.717, 1.165) is 25.3 Å². The van der Waals surface area contributed by atoms with E-state index < -0.39 is 11.7 Å². The first-order chi connectivity index (χ1) is 9.10. The van der Waals surface area contributed by atoms with E-state index in [-0.39, 0.29) is 17.2 Å². The molecule has 4 nitrogen and oxygen atoms in total. The highest BCUT2D eigenvalue weighted by Gasteiger charge is 2.17. The first kappa shape index (κ1) is 15.4. The number of carbonyl (C=O) groups is 1. The summed E-state index contributed by atoms with van der Waals surface area (Å²) in [5.74, 6) is -1.37. The number of carbonyl (C=O) groups excluding carboxylic acids is 1. The van der Waals surface area contributed by atoms with E-state index in [1.54, 1.807) is 0 Å². The van der Waals surface area contributed by atoms with Gasteiger partial charge in [0.25, 0.3) is 5.91 Å². The Morgan fingerprint density at radius 1 is 1.47 bits per heavy atom. The molecule has 1 unspecified atom stereocenters. The molecule has 5 heteroatoms. The van der Waals surface area contributed by atoms with Gasteiger partial charge in [0, 0.05) is 6.54 Å². The summed E-state index contributed by atoms with van der Waals surface area (Å²) in [5, 5.41) is 12.2. The normalized spacial score (nSPS) is 12.2. The van der Waals surface area contributed by atoms with Crippen LogP contribution in [0.3, 0.4) is 0 Å². The summed E-state index contributed by atoms with van der Waals surface area (Å²) in [6.07, 6.45) is 2.78. The number of hydrogen-bond donors (Lipinski definition) is 3. The molecule has 0 aromatic heterocycles. The number of hydrogen-bond acceptors (Lipinski definition) is 3. The Kier molecular flexibility index (Phi) is 6.29. The second-order valence-corrected chi connectivity index (χ2v) is 4.58. The van der Waals surface area contributed by atoms with Gasteiger partial charge in [0.05, 0.1) is 0 Å². The van der Waals surface area contributed by atoms with Crippen LogP contribution in [0, 0.1) is 11.7 Å². The fraction of sp³-hybridized carbons (Fsp3) is 0.500. The summed E-state index contributed by atoms with van der Waals surface area (Å²) in [4.78, 5) is 11.9. The third-order valence-corrected chi connectivity index (χ3v) is 3.04. The summed E-state index contributed by atoms with van der Waals surface area (Å²) in [6.45, 7) is 3.07. The topological polar surface area (TPSA) is 75.3 Å². The molecule has 0 aliphatic carbocycles. The van der Waals surface area contributed by atoms with Gasteiger partial charge < -0.3 is 16.2 Å². The van der Waals surface area contributed by atoms with E-state index in [2.05, 4.69) is 12.2 Å². The predicted molar refractivity (Wildman–Crippen MR) is 72.5 cm³/mol. The highest BCUT2D eigenvalue weighted by atomic mass is 19.1. The quantitative estimate of drug-likeness (QED) is 0.708. The van der Waals surface area contributed by atoms with Crippen molar-refractivity contribution in [3.05, 3.63) is 29.6 Å². The van der Waals surface area contributed by atoms with Gasteiger partial charge in [-0.2, -0.15) is 0 Å². The number of amides is 1. The number of nitrogens with two attached hydrogens (primary N) is 1. The van der Waals surface area contributed by atoms with E-state index in [1.165, 1.54) is 12.1 Å². The van der Waals surface area contributed by atoms with Gasteiger partial charge in [0.1, 0.15) is 17.1 Å². The van der Waals surface area contributed by atoms with Crippen LogP contribution in [0.25, 0.3) is 0 Å². The molecular formula is C14H21FN2O2. The molecule has 0 spiro atoms.